The summed E-state index contributed by atoms with van der Waals surface area (Å²) >= 11 is 0. The molecule has 6 heterocycles. The number of carboxylic acid groups (broad SMARTS) is 1. The zero-order valence-electron chi connectivity index (χ0n) is 44.5. The Labute approximate surface area is 456 Å². The van der Waals surface area contributed by atoms with E-state index in [1.807, 2.05) is 24.3 Å². The Kier molecular flexibility index (Phi) is 15.4. The van der Waals surface area contributed by atoms with E-state index < -0.39 is 72.4 Å². The molecule has 0 aliphatic carbocycles. The third-order valence-electron chi connectivity index (χ3n) is 14.1. The highest BCUT2D eigenvalue weighted by Crippen LogP contribution is 2.61. The van der Waals surface area contributed by atoms with Gasteiger partial charge in [0.1, 0.15) is 42.1 Å². The first kappa shape index (κ1) is 58.0. The first-order valence-corrected chi connectivity index (χ1v) is 29.7. The summed E-state index contributed by atoms with van der Waals surface area (Å²) in [6, 6.07) is 12.5. The Morgan fingerprint density at radius 3 is 2.27 bits per heavy atom. The van der Waals surface area contributed by atoms with Gasteiger partial charge < -0.3 is 65.3 Å². The molecule has 5 aromatic rings. The number of alkyl carbamates (subject to hydrolysis) is 1. The van der Waals surface area contributed by atoms with E-state index in [0.29, 0.717) is 46.5 Å². The number of phosphoric ester groups is 1. The number of ether oxygens (including phenoxy) is 3. The molecule has 1 fully saturated rings. The Morgan fingerprint density at radius 1 is 0.875 bits per heavy atom. The van der Waals surface area contributed by atoms with Gasteiger partial charge in [-0.1, -0.05) is 12.1 Å². The topological polar surface area (TPSA) is 382 Å². The first-order chi connectivity index (χ1) is 37.4. The highest BCUT2D eigenvalue weighted by atomic mass is 31.3. The summed E-state index contributed by atoms with van der Waals surface area (Å²) in [7, 11) is -16.7. The fraction of sp³-hybridized carbons (Fsp3) is 0.380. The summed E-state index contributed by atoms with van der Waals surface area (Å²) in [5.41, 5.74) is 11.9. The number of likely N-dealkylation sites (N-methyl/N-ethyl adjacent to an activating group) is 2. The van der Waals surface area contributed by atoms with E-state index in [1.54, 1.807) is 6.07 Å². The molecule has 1 saturated heterocycles. The van der Waals surface area contributed by atoms with Crippen molar-refractivity contribution in [3.8, 4) is 11.5 Å². The van der Waals surface area contributed by atoms with Gasteiger partial charge in [-0.25, -0.2) is 42.8 Å². The number of amides is 2. The number of allylic oxidation sites excluding steroid dienone is 2. The molecule has 27 nitrogen and oxygen atoms in total. The third kappa shape index (κ3) is 11.3. The van der Waals surface area contributed by atoms with Gasteiger partial charge in [0, 0.05) is 78.3 Å². The van der Waals surface area contributed by atoms with Crippen LogP contribution in [0.1, 0.15) is 105 Å². The molecular weight excluding hydrogens is 1110 g/mol. The molecule has 3 aromatic carbocycles. The van der Waals surface area contributed by atoms with Crippen LogP contribution >= 0.6 is 23.3 Å². The van der Waals surface area contributed by atoms with Crippen LogP contribution in [0.25, 0.3) is 27.9 Å². The number of aliphatic hydroxyl groups excluding tert-OH is 1. The van der Waals surface area contributed by atoms with E-state index >= 15 is 0 Å². The van der Waals surface area contributed by atoms with Crippen molar-refractivity contribution in [1.29, 1.82) is 0 Å². The molecule has 6 atom stereocenters. The van der Waals surface area contributed by atoms with Crippen LogP contribution in [0.3, 0.4) is 0 Å². The number of hydrogen-bond acceptors (Lipinski definition) is 17. The fourth-order valence-corrected chi connectivity index (χ4v) is 14.4. The minimum Gasteiger partial charge on any atom is -0.478 e. The second kappa shape index (κ2) is 21.3. The molecule has 30 heteroatoms. The third-order valence-corrected chi connectivity index (χ3v) is 18.3. The van der Waals surface area contributed by atoms with Crippen molar-refractivity contribution in [2.45, 2.75) is 91.0 Å². The normalized spacial score (nSPS) is 21.4. The van der Waals surface area contributed by atoms with Crippen molar-refractivity contribution < 1.29 is 80.9 Å². The van der Waals surface area contributed by atoms with Crippen molar-refractivity contribution in [2.24, 2.45) is 0 Å². The summed E-state index contributed by atoms with van der Waals surface area (Å²) < 4.78 is 66.3. The number of aromatic carboxylic acids is 1. The molecular formula is C50H60N10O17P3+. The number of imidazole rings is 1. The number of nitrogens with zero attached hydrogens (tertiary/aromatic N) is 6. The summed E-state index contributed by atoms with van der Waals surface area (Å²) in [6.07, 6.45) is -1.24. The summed E-state index contributed by atoms with van der Waals surface area (Å²) in [4.78, 5) is 93.5. The highest BCUT2D eigenvalue weighted by Gasteiger charge is 2.50. The van der Waals surface area contributed by atoms with E-state index in [1.165, 1.54) is 16.7 Å². The second-order valence-electron chi connectivity index (χ2n) is 20.4. The quantitative estimate of drug-likeness (QED) is 0.0352. The van der Waals surface area contributed by atoms with Crippen LogP contribution in [0.15, 0.2) is 67.3 Å². The van der Waals surface area contributed by atoms with Crippen molar-refractivity contribution >= 4 is 80.7 Å². The van der Waals surface area contributed by atoms with Crippen molar-refractivity contribution in [3.05, 3.63) is 111 Å². The number of aliphatic hydroxyl groups is 1. The fourth-order valence-electron chi connectivity index (χ4n) is 10.9. The highest BCUT2D eigenvalue weighted by molar-refractivity contribution is 7.70. The van der Waals surface area contributed by atoms with Crippen molar-refractivity contribution in [2.75, 3.05) is 43.4 Å². The van der Waals surface area contributed by atoms with Gasteiger partial charge in [0.25, 0.3) is 5.91 Å². The SMILES string of the molecule is CCN1c2cc3c(cc2C(C)=CC1(C)C)C(c1ccc(C(=O)NCCNC(=O)O[C@@H]2[C@H](O)[C@@H](COP(=O)(O)OP(=O)(O)NP(=O)(O)O)O[C@H]2n2cnc4c(N)ncnc42)cc1C(=O)O)=c1cc2c(cc1O3)=[N+](CC)C(C)(C)C=C2C. The maximum absolute atomic E-state index is 13.8. The maximum atomic E-state index is 13.8. The maximum Gasteiger partial charge on any atom is 0.480 e. The predicted octanol–water partition coefficient (Wildman–Crippen LogP) is 3.89. The van der Waals surface area contributed by atoms with Crippen molar-refractivity contribution in [3.63, 3.8) is 0 Å². The number of fused-ring (bicyclic) bond motifs is 5. The van der Waals surface area contributed by atoms with Crippen LogP contribution in [-0.2, 0) is 32.0 Å². The average molecular weight is 1170 g/mol. The number of benzene rings is 3. The number of carboxylic acids is 1. The van der Waals surface area contributed by atoms with Gasteiger partial charge in [-0.2, -0.15) is 4.31 Å². The molecule has 0 saturated carbocycles. The number of nitrogens with one attached hydrogen (secondary N) is 3. The summed E-state index contributed by atoms with van der Waals surface area (Å²) in [5.74, 6) is -0.951. The number of nitrogens with two attached hydrogens (primary N) is 1. The smallest absolute Gasteiger partial charge is 0.478 e. The molecule has 0 spiro atoms. The molecule has 2 amide bonds. The molecule has 4 aliphatic heterocycles. The van der Waals surface area contributed by atoms with Crippen LogP contribution in [-0.4, -0.2) is 129 Å². The molecule has 0 bridgehead atoms. The van der Waals surface area contributed by atoms with E-state index in [-0.39, 0.29) is 52.3 Å². The lowest BCUT2D eigenvalue weighted by Gasteiger charge is -2.43. The molecule has 2 aromatic heterocycles. The minimum atomic E-state index is -5.65. The monoisotopic (exact) mass is 1170 g/mol. The van der Waals surface area contributed by atoms with E-state index in [0.717, 1.165) is 50.8 Å². The summed E-state index contributed by atoms with van der Waals surface area (Å²) in [6.45, 7) is 16.7. The van der Waals surface area contributed by atoms with E-state index in [2.05, 4.69) is 107 Å². The van der Waals surface area contributed by atoms with Crippen LogP contribution in [0.5, 0.6) is 11.5 Å². The Hall–Kier alpha value is -6.70. The lowest BCUT2D eigenvalue weighted by Crippen LogP contribution is -2.49. The first-order valence-electron chi connectivity index (χ1n) is 25.0. The zero-order chi connectivity index (χ0) is 58.2. The number of aromatic nitrogens is 4. The van der Waals surface area contributed by atoms with Crippen LogP contribution in [0.4, 0.5) is 16.3 Å². The van der Waals surface area contributed by atoms with Crippen molar-refractivity contribution in [1.82, 2.24) is 39.6 Å². The molecule has 2 unspecified atom stereocenters. The van der Waals surface area contributed by atoms with Gasteiger partial charge >= 0.3 is 35.4 Å². The number of nitrogen functional groups attached to an aromatic ring is 1. The van der Waals surface area contributed by atoms with Gasteiger partial charge in [0.05, 0.1) is 30.1 Å². The molecule has 11 N–H and O–H groups in total. The minimum absolute atomic E-state index is 0.00562. The van der Waals surface area contributed by atoms with E-state index in [4.69, 9.17) is 34.3 Å². The van der Waals surface area contributed by atoms with Gasteiger partial charge in [-0.05, 0) is 88.6 Å². The largest absolute Gasteiger partial charge is 0.480 e. The van der Waals surface area contributed by atoms with Gasteiger partial charge in [0.15, 0.2) is 29.3 Å². The molecule has 4 aliphatic rings. The van der Waals surface area contributed by atoms with E-state index in [9.17, 15) is 48.1 Å². The second-order valence-corrected chi connectivity index (χ2v) is 25.2. The molecule has 80 heavy (non-hydrogen) atoms. The van der Waals surface area contributed by atoms with Gasteiger partial charge in [-0.3, -0.25) is 13.9 Å². The average Bonchev–Trinajstić information content (AvgIpc) is 3.93. The molecule has 9 rings (SSSR count). The number of carbonyl (C=O) groups is 3. The zero-order valence-corrected chi connectivity index (χ0v) is 47.2. The number of hydrogen-bond donors (Lipinski definition) is 10. The predicted molar refractivity (Wildman–Crippen MR) is 290 cm³/mol. The Bertz CT molecular complexity index is 3770. The lowest BCUT2D eigenvalue weighted by atomic mass is 9.83. The molecule has 0 radical (unpaired) electrons. The summed E-state index contributed by atoms with van der Waals surface area (Å²) in [5, 5.41) is 29.0. The lowest BCUT2D eigenvalue weighted by molar-refractivity contribution is -0.0521. The number of phosphoric acid groups is 1. The van der Waals surface area contributed by atoms with Crippen LogP contribution < -0.4 is 46.0 Å². The standard InChI is InChI=1S/C50H59N10O17P3/c1-9-59-34-18-36-32(16-29(34)25(3)20-49(59,5)6)39(33-17-30-26(4)21-50(7,8)60(10-2)35(30)19-37(33)74-36)28-12-11-27(15-31(28)47(63)64)45(62)52-13-14-53-48(65)76-42-41(61)38(22-73-80(71,72)77-79(69,70)57-78(66,67)68)75-46(42)58-24-56-40-43(51)54-23-55-44(40)58/h11-12,15-21,23-24,38,41-42,46,61H,9-10,13-14,22H2,1-8H3,(H9-,51,52,53,54,55,57,62,63,64,65,66,67,68,69,70,71,72)/p+1/t38-,41-,42-,46-/m1/s1. The number of rotatable bonds is 17. The van der Waals surface area contributed by atoms with Gasteiger partial charge in [-0.15, -0.1) is 4.86 Å². The Balaban J connectivity index is 0.957. The number of anilines is 2. The molecule has 426 valence electrons. The van der Waals surface area contributed by atoms with Crippen LogP contribution in [0, 0.1) is 0 Å². The number of carbonyl (C=O) groups excluding carboxylic acids is 2. The van der Waals surface area contributed by atoms with Gasteiger partial charge in [0.2, 0.25) is 5.36 Å². The van der Waals surface area contributed by atoms with Crippen LogP contribution in [0.2, 0.25) is 0 Å². The Morgan fingerprint density at radius 2 is 1.59 bits per heavy atom.